The second kappa shape index (κ2) is 10.8. The van der Waals surface area contributed by atoms with Crippen LogP contribution in [0.3, 0.4) is 0 Å². The summed E-state index contributed by atoms with van der Waals surface area (Å²) in [6.07, 6.45) is 0.813. The molecule has 0 aliphatic heterocycles. The normalized spacial score (nSPS) is 12.5. The Bertz CT molecular complexity index is 749. The van der Waals surface area contributed by atoms with Gasteiger partial charge in [0.2, 0.25) is 0 Å². The van der Waals surface area contributed by atoms with Gasteiger partial charge in [0.05, 0.1) is 16.7 Å². The van der Waals surface area contributed by atoms with Crippen LogP contribution in [0.15, 0.2) is 23.2 Å². The Morgan fingerprint density at radius 2 is 2.04 bits per heavy atom. The predicted octanol–water partition coefficient (Wildman–Crippen LogP) is 4.51. The summed E-state index contributed by atoms with van der Waals surface area (Å²) in [6, 6.07) is 3.28. The molecule has 0 amide bonds. The molecule has 1 unspecified atom stereocenters. The molecule has 4 nitrogen and oxygen atoms in total. The summed E-state index contributed by atoms with van der Waals surface area (Å²) in [5.74, 6) is -0.534. The highest BCUT2D eigenvalue weighted by Crippen LogP contribution is 2.18. The van der Waals surface area contributed by atoms with Gasteiger partial charge in [-0.2, -0.15) is 0 Å². The zero-order valence-electron chi connectivity index (χ0n) is 15.4. The number of guanidine groups is 1. The maximum atomic E-state index is 13.9. The van der Waals surface area contributed by atoms with Crippen LogP contribution in [0.25, 0.3) is 0 Å². The molecule has 144 valence electrons. The van der Waals surface area contributed by atoms with Gasteiger partial charge in [0.15, 0.2) is 5.96 Å². The number of aryl methyl sites for hydroxylation is 2. The molecule has 0 saturated heterocycles. The van der Waals surface area contributed by atoms with Gasteiger partial charge in [-0.3, -0.25) is 4.99 Å². The van der Waals surface area contributed by atoms with Gasteiger partial charge in [0.25, 0.3) is 0 Å². The molecule has 1 heterocycles. The lowest BCUT2D eigenvalue weighted by molar-refractivity contribution is 0.551. The van der Waals surface area contributed by atoms with Crippen LogP contribution in [0, 0.1) is 25.5 Å². The average molecular weight is 494 g/mol. The minimum atomic E-state index is -0.579. The van der Waals surface area contributed by atoms with Gasteiger partial charge in [-0.25, -0.2) is 13.8 Å². The lowest BCUT2D eigenvalue weighted by atomic mass is 10.1. The van der Waals surface area contributed by atoms with E-state index in [4.69, 9.17) is 0 Å². The van der Waals surface area contributed by atoms with Crippen molar-refractivity contribution in [2.75, 3.05) is 13.1 Å². The van der Waals surface area contributed by atoms with Crippen LogP contribution in [0.2, 0.25) is 0 Å². The first-order valence-electron chi connectivity index (χ1n) is 8.33. The molecular weight excluding hydrogens is 469 g/mol. The van der Waals surface area contributed by atoms with Crippen LogP contribution in [-0.4, -0.2) is 24.0 Å². The van der Waals surface area contributed by atoms with Crippen LogP contribution in [0.1, 0.15) is 41.0 Å². The molecule has 1 aromatic carbocycles. The minimum Gasteiger partial charge on any atom is -0.357 e. The zero-order chi connectivity index (χ0) is 18.4. The number of nitrogens with one attached hydrogen (secondary N) is 2. The Morgan fingerprint density at radius 1 is 1.31 bits per heavy atom. The number of halogens is 3. The van der Waals surface area contributed by atoms with Crippen molar-refractivity contribution in [2.24, 2.45) is 4.99 Å². The SMILES string of the molecule is CCNC(=NCCc1sc(C)nc1C)NC(C)c1ccc(F)cc1F.I. The second-order valence-corrected chi connectivity index (χ2v) is 7.07. The number of hydrogen-bond donors (Lipinski definition) is 2. The van der Waals surface area contributed by atoms with Crippen molar-refractivity contribution in [1.82, 2.24) is 15.6 Å². The zero-order valence-corrected chi connectivity index (χ0v) is 18.5. The van der Waals surface area contributed by atoms with Crippen LogP contribution >= 0.6 is 35.3 Å². The molecule has 1 atom stereocenters. The molecule has 0 spiro atoms. The first-order valence-corrected chi connectivity index (χ1v) is 9.15. The number of aliphatic imine (C=N–C) groups is 1. The number of thiazole rings is 1. The molecular formula is C18H25F2IN4S. The van der Waals surface area contributed by atoms with Gasteiger partial charge < -0.3 is 10.6 Å². The summed E-state index contributed by atoms with van der Waals surface area (Å²) in [7, 11) is 0. The molecule has 0 aliphatic rings. The third kappa shape index (κ3) is 6.46. The molecule has 2 rings (SSSR count). The van der Waals surface area contributed by atoms with Crippen molar-refractivity contribution in [3.63, 3.8) is 0 Å². The topological polar surface area (TPSA) is 49.3 Å². The Balaban J connectivity index is 0.00000338. The fraction of sp³-hybridized carbons (Fsp3) is 0.444. The van der Waals surface area contributed by atoms with Crippen LogP contribution < -0.4 is 10.6 Å². The highest BCUT2D eigenvalue weighted by molar-refractivity contribution is 14.0. The van der Waals surface area contributed by atoms with E-state index in [-0.39, 0.29) is 30.0 Å². The van der Waals surface area contributed by atoms with Crippen molar-refractivity contribution >= 4 is 41.3 Å². The molecule has 0 saturated carbocycles. The largest absolute Gasteiger partial charge is 0.357 e. The number of hydrogen-bond acceptors (Lipinski definition) is 3. The van der Waals surface area contributed by atoms with Crippen LogP contribution in [0.5, 0.6) is 0 Å². The standard InChI is InChI=1S/C18H24F2N4S.HI/c1-5-21-18(22-9-8-17-12(3)23-13(4)25-17)24-11(2)15-7-6-14(19)10-16(15)20;/h6-7,10-11H,5,8-9H2,1-4H3,(H2,21,22,24);1H. The maximum absolute atomic E-state index is 13.9. The molecule has 0 radical (unpaired) electrons. The highest BCUT2D eigenvalue weighted by atomic mass is 127. The van der Waals surface area contributed by atoms with E-state index >= 15 is 0 Å². The fourth-order valence-electron chi connectivity index (χ4n) is 2.53. The summed E-state index contributed by atoms with van der Waals surface area (Å²) < 4.78 is 27.0. The molecule has 26 heavy (non-hydrogen) atoms. The molecule has 2 aromatic rings. The van der Waals surface area contributed by atoms with E-state index in [1.807, 2.05) is 27.7 Å². The van der Waals surface area contributed by atoms with E-state index in [1.165, 1.54) is 17.0 Å². The lowest BCUT2D eigenvalue weighted by Gasteiger charge is -2.18. The second-order valence-electron chi connectivity index (χ2n) is 5.78. The quantitative estimate of drug-likeness (QED) is 0.353. The molecule has 0 fully saturated rings. The summed E-state index contributed by atoms with van der Waals surface area (Å²) in [6.45, 7) is 9.09. The summed E-state index contributed by atoms with van der Waals surface area (Å²) in [5.41, 5.74) is 1.46. The number of nitrogens with zero attached hydrogens (tertiary/aromatic N) is 2. The number of benzene rings is 1. The van der Waals surface area contributed by atoms with Crippen LogP contribution in [-0.2, 0) is 6.42 Å². The predicted molar refractivity (Wildman–Crippen MR) is 115 cm³/mol. The smallest absolute Gasteiger partial charge is 0.191 e. The van der Waals surface area contributed by atoms with Gasteiger partial charge in [0, 0.05) is 36.0 Å². The third-order valence-electron chi connectivity index (χ3n) is 3.73. The van der Waals surface area contributed by atoms with Crippen molar-refractivity contribution in [1.29, 1.82) is 0 Å². The van der Waals surface area contributed by atoms with Crippen molar-refractivity contribution in [2.45, 2.75) is 40.2 Å². The van der Waals surface area contributed by atoms with E-state index in [2.05, 4.69) is 20.6 Å². The molecule has 0 bridgehead atoms. The monoisotopic (exact) mass is 494 g/mol. The number of rotatable bonds is 6. The first kappa shape index (κ1) is 22.8. The maximum Gasteiger partial charge on any atom is 0.191 e. The van der Waals surface area contributed by atoms with E-state index in [9.17, 15) is 8.78 Å². The van der Waals surface area contributed by atoms with Gasteiger partial charge >= 0.3 is 0 Å². The van der Waals surface area contributed by atoms with Gasteiger partial charge in [0.1, 0.15) is 11.6 Å². The van der Waals surface area contributed by atoms with Gasteiger partial charge in [-0.15, -0.1) is 35.3 Å². The van der Waals surface area contributed by atoms with Crippen LogP contribution in [0.4, 0.5) is 8.78 Å². The van der Waals surface area contributed by atoms with Crippen molar-refractivity contribution < 1.29 is 8.78 Å². The van der Waals surface area contributed by atoms with Crippen molar-refractivity contribution in [3.05, 3.63) is 51.0 Å². The number of aromatic nitrogens is 1. The molecule has 0 aliphatic carbocycles. The van der Waals surface area contributed by atoms with Gasteiger partial charge in [-0.05, 0) is 33.8 Å². The first-order chi connectivity index (χ1) is 11.9. The highest BCUT2D eigenvalue weighted by Gasteiger charge is 2.13. The Morgan fingerprint density at radius 3 is 2.62 bits per heavy atom. The molecule has 2 N–H and O–H groups in total. The summed E-state index contributed by atoms with van der Waals surface area (Å²) in [4.78, 5) is 10.2. The molecule has 8 heteroatoms. The average Bonchev–Trinajstić information content (AvgIpc) is 2.85. The lowest BCUT2D eigenvalue weighted by Crippen LogP contribution is -2.39. The Hall–Kier alpha value is -1.29. The summed E-state index contributed by atoms with van der Waals surface area (Å²) >= 11 is 1.69. The van der Waals surface area contributed by atoms with E-state index in [0.717, 1.165) is 23.2 Å². The summed E-state index contributed by atoms with van der Waals surface area (Å²) in [5, 5.41) is 7.37. The van der Waals surface area contributed by atoms with E-state index < -0.39 is 11.6 Å². The van der Waals surface area contributed by atoms with Gasteiger partial charge in [-0.1, -0.05) is 6.07 Å². The van der Waals surface area contributed by atoms with Crippen molar-refractivity contribution in [3.8, 4) is 0 Å². The third-order valence-corrected chi connectivity index (χ3v) is 4.87. The Labute approximate surface area is 174 Å². The minimum absolute atomic E-state index is 0. The Kier molecular flexibility index (Phi) is 9.42. The van der Waals surface area contributed by atoms with E-state index in [0.29, 0.717) is 24.6 Å². The van der Waals surface area contributed by atoms with E-state index in [1.54, 1.807) is 11.3 Å². The molecule has 1 aromatic heterocycles. The fourth-order valence-corrected chi connectivity index (χ4v) is 3.46.